The van der Waals surface area contributed by atoms with E-state index in [1.807, 2.05) is 22.6 Å². The van der Waals surface area contributed by atoms with Gasteiger partial charge in [0, 0.05) is 18.9 Å². The summed E-state index contributed by atoms with van der Waals surface area (Å²) in [5, 5.41) is 9.77. The normalized spacial score (nSPS) is 29.2. The molecule has 5 nitrogen and oxygen atoms in total. The summed E-state index contributed by atoms with van der Waals surface area (Å²) < 4.78 is 9.32. The third-order valence-corrected chi connectivity index (χ3v) is 3.30. The smallest absolute Gasteiger partial charge is 0.333 e. The van der Waals surface area contributed by atoms with Crippen molar-refractivity contribution in [1.82, 2.24) is 0 Å². The Balaban J connectivity index is 2.79. The van der Waals surface area contributed by atoms with Crippen molar-refractivity contribution in [2.75, 3.05) is 7.11 Å². The molecule has 0 fully saturated rings. The first-order chi connectivity index (χ1) is 7.45. The lowest BCUT2D eigenvalue weighted by atomic mass is 9.94. The van der Waals surface area contributed by atoms with Crippen molar-refractivity contribution in [2.24, 2.45) is 0 Å². The Kier molecular flexibility index (Phi) is 4.72. The highest BCUT2D eigenvalue weighted by Crippen LogP contribution is 2.27. The Labute approximate surface area is 107 Å². The van der Waals surface area contributed by atoms with E-state index in [1.54, 1.807) is 6.08 Å². The second-order valence-corrected chi connectivity index (χ2v) is 4.91. The van der Waals surface area contributed by atoms with Gasteiger partial charge in [-0.25, -0.2) is 4.79 Å². The summed E-state index contributed by atoms with van der Waals surface area (Å²) in [6.45, 7) is 1.29. The second-order valence-electron chi connectivity index (χ2n) is 3.47. The Morgan fingerprint density at radius 2 is 2.19 bits per heavy atom. The third-order valence-electron chi connectivity index (χ3n) is 2.23. The summed E-state index contributed by atoms with van der Waals surface area (Å²) in [5.41, 5.74) is 0.415. The number of hydrogen-bond donors (Lipinski definition) is 1. The second kappa shape index (κ2) is 5.62. The number of rotatable bonds is 2. The molecule has 1 aliphatic rings. The molecule has 0 spiro atoms. The van der Waals surface area contributed by atoms with Gasteiger partial charge >= 0.3 is 11.9 Å². The average molecular weight is 340 g/mol. The van der Waals surface area contributed by atoms with Gasteiger partial charge in [0.25, 0.3) is 0 Å². The van der Waals surface area contributed by atoms with Crippen molar-refractivity contribution in [1.29, 1.82) is 0 Å². The van der Waals surface area contributed by atoms with Crippen molar-refractivity contribution < 1.29 is 24.2 Å². The lowest BCUT2D eigenvalue weighted by Gasteiger charge is -2.30. The van der Waals surface area contributed by atoms with Crippen LogP contribution in [0.15, 0.2) is 11.6 Å². The van der Waals surface area contributed by atoms with Gasteiger partial charge in [0.1, 0.15) is 6.10 Å². The summed E-state index contributed by atoms with van der Waals surface area (Å²) in [6, 6.07) is 0. The lowest BCUT2D eigenvalue weighted by molar-refractivity contribution is -0.152. The van der Waals surface area contributed by atoms with Gasteiger partial charge in [-0.15, -0.1) is 0 Å². The number of carbonyl (C=O) groups excluding carboxylic acids is 2. The van der Waals surface area contributed by atoms with Crippen LogP contribution in [0.3, 0.4) is 0 Å². The highest BCUT2D eigenvalue weighted by Gasteiger charge is 2.35. The summed E-state index contributed by atoms with van der Waals surface area (Å²) in [6.07, 6.45) is 0.327. The van der Waals surface area contributed by atoms with Crippen LogP contribution in [0, 0.1) is 0 Å². The van der Waals surface area contributed by atoms with Crippen molar-refractivity contribution in [3.8, 4) is 0 Å². The van der Waals surface area contributed by atoms with Crippen LogP contribution in [-0.4, -0.2) is 40.3 Å². The molecule has 90 valence electrons. The van der Waals surface area contributed by atoms with Gasteiger partial charge in [-0.2, -0.15) is 0 Å². The molecule has 6 heteroatoms. The van der Waals surface area contributed by atoms with Gasteiger partial charge in [0.2, 0.25) is 0 Å². The van der Waals surface area contributed by atoms with Gasteiger partial charge < -0.3 is 14.6 Å². The van der Waals surface area contributed by atoms with Gasteiger partial charge in [-0.3, -0.25) is 4.79 Å². The van der Waals surface area contributed by atoms with Crippen LogP contribution in [0.1, 0.15) is 13.3 Å². The highest BCUT2D eigenvalue weighted by molar-refractivity contribution is 14.1. The SMILES string of the molecule is COC(=O)C1=C[C@H](I)[C@@H](OC(C)=O)[C@H](O)C1. The van der Waals surface area contributed by atoms with E-state index in [4.69, 9.17) is 4.74 Å². The molecule has 0 bridgehead atoms. The number of halogens is 1. The number of aliphatic hydroxyl groups excluding tert-OH is 1. The number of carbonyl (C=O) groups is 2. The van der Waals surface area contributed by atoms with E-state index in [-0.39, 0.29) is 10.3 Å². The molecule has 16 heavy (non-hydrogen) atoms. The first-order valence-corrected chi connectivity index (χ1v) is 5.98. The molecule has 0 radical (unpaired) electrons. The molecule has 0 unspecified atom stereocenters. The fourth-order valence-corrected chi connectivity index (χ4v) is 2.59. The fraction of sp³-hybridized carbons (Fsp3) is 0.600. The zero-order valence-corrected chi connectivity index (χ0v) is 11.1. The minimum absolute atomic E-state index is 0.143. The molecule has 3 atom stereocenters. The van der Waals surface area contributed by atoms with Crippen molar-refractivity contribution >= 4 is 34.5 Å². The Hall–Kier alpha value is -0.630. The predicted molar refractivity (Wildman–Crippen MR) is 64.1 cm³/mol. The van der Waals surface area contributed by atoms with Gasteiger partial charge in [-0.05, 0) is 0 Å². The van der Waals surface area contributed by atoms with Gasteiger partial charge in [0.15, 0.2) is 0 Å². The van der Waals surface area contributed by atoms with E-state index in [2.05, 4.69) is 4.74 Å². The van der Waals surface area contributed by atoms with E-state index in [9.17, 15) is 14.7 Å². The first kappa shape index (κ1) is 13.4. The number of hydrogen-bond acceptors (Lipinski definition) is 5. The highest BCUT2D eigenvalue weighted by atomic mass is 127. The van der Waals surface area contributed by atoms with Crippen LogP contribution < -0.4 is 0 Å². The summed E-state index contributed by atoms with van der Waals surface area (Å²) >= 11 is 2.01. The zero-order chi connectivity index (χ0) is 12.3. The number of aliphatic hydroxyl groups is 1. The monoisotopic (exact) mass is 340 g/mol. The number of methoxy groups -OCH3 is 1. The maximum atomic E-state index is 11.3. The molecule has 1 rings (SSSR count). The van der Waals surface area contributed by atoms with Crippen LogP contribution in [0.2, 0.25) is 0 Å². The van der Waals surface area contributed by atoms with E-state index in [0.29, 0.717) is 5.57 Å². The molecule has 0 amide bonds. The van der Waals surface area contributed by atoms with Crippen molar-refractivity contribution in [3.63, 3.8) is 0 Å². The first-order valence-electron chi connectivity index (χ1n) is 4.74. The van der Waals surface area contributed by atoms with Gasteiger partial charge in [0.05, 0.1) is 17.1 Å². The molecular weight excluding hydrogens is 327 g/mol. The molecule has 1 aliphatic carbocycles. The summed E-state index contributed by atoms with van der Waals surface area (Å²) in [5.74, 6) is -0.900. The fourth-order valence-electron chi connectivity index (χ4n) is 1.53. The topological polar surface area (TPSA) is 72.8 Å². The molecule has 1 N–H and O–H groups in total. The van der Waals surface area contributed by atoms with Crippen molar-refractivity contribution in [3.05, 3.63) is 11.6 Å². The molecule has 0 aromatic rings. The zero-order valence-electron chi connectivity index (χ0n) is 8.97. The molecule has 0 aliphatic heterocycles. The minimum atomic E-state index is -0.870. The molecule has 0 heterocycles. The maximum Gasteiger partial charge on any atom is 0.333 e. The predicted octanol–water partition coefficient (Wildman–Crippen LogP) is 0.586. The minimum Gasteiger partial charge on any atom is -0.466 e. The Morgan fingerprint density at radius 3 is 2.62 bits per heavy atom. The van der Waals surface area contributed by atoms with Crippen molar-refractivity contribution in [2.45, 2.75) is 29.5 Å². The van der Waals surface area contributed by atoms with Crippen LogP contribution in [0.4, 0.5) is 0 Å². The molecular formula is C10H13IO5. The Morgan fingerprint density at radius 1 is 1.56 bits per heavy atom. The van der Waals surface area contributed by atoms with Crippen LogP contribution >= 0.6 is 22.6 Å². The molecule has 0 aromatic heterocycles. The molecule has 0 aromatic carbocycles. The third kappa shape index (κ3) is 3.18. The Bertz CT molecular complexity index is 325. The quantitative estimate of drug-likeness (QED) is 0.452. The lowest BCUT2D eigenvalue weighted by Crippen LogP contribution is -2.41. The van der Waals surface area contributed by atoms with Crippen LogP contribution in [0.25, 0.3) is 0 Å². The molecule has 0 saturated carbocycles. The summed E-state index contributed by atoms with van der Waals surface area (Å²) in [7, 11) is 1.29. The largest absolute Gasteiger partial charge is 0.466 e. The number of alkyl halides is 1. The number of esters is 2. The van der Waals surface area contributed by atoms with Gasteiger partial charge in [-0.1, -0.05) is 28.7 Å². The molecule has 0 saturated heterocycles. The standard InChI is InChI=1S/C10H13IO5/c1-5(12)16-9-7(11)3-6(4-8(9)13)10(14)15-2/h3,7-9,13H,4H2,1-2H3/t7-,8+,9+/m0/s1. The maximum absolute atomic E-state index is 11.3. The van der Waals surface area contributed by atoms with Crippen LogP contribution in [-0.2, 0) is 19.1 Å². The average Bonchev–Trinajstić information content (AvgIpc) is 2.21. The number of ether oxygens (including phenoxy) is 2. The van der Waals surface area contributed by atoms with Crippen LogP contribution in [0.5, 0.6) is 0 Å². The van der Waals surface area contributed by atoms with E-state index >= 15 is 0 Å². The summed E-state index contributed by atoms with van der Waals surface area (Å²) in [4.78, 5) is 22.1. The van der Waals surface area contributed by atoms with E-state index in [0.717, 1.165) is 0 Å². The van der Waals surface area contributed by atoms with E-state index < -0.39 is 24.1 Å². The van der Waals surface area contributed by atoms with E-state index in [1.165, 1.54) is 14.0 Å².